The highest BCUT2D eigenvalue weighted by atomic mass is 16.1. The molecule has 2 aromatic rings. The van der Waals surface area contributed by atoms with Gasteiger partial charge in [-0.15, -0.1) is 0 Å². The zero-order valence-electron chi connectivity index (χ0n) is 8.86. The fraction of sp³-hybridized carbons (Fsp3) is 0.333. The first-order valence-electron chi connectivity index (χ1n) is 5.53. The van der Waals surface area contributed by atoms with Gasteiger partial charge in [0.25, 0.3) is 0 Å². The summed E-state index contributed by atoms with van der Waals surface area (Å²) in [7, 11) is 0. The average Bonchev–Trinajstić information content (AvgIpc) is 2.98. The van der Waals surface area contributed by atoms with Gasteiger partial charge < -0.3 is 10.3 Å². The molecule has 0 amide bonds. The van der Waals surface area contributed by atoms with Crippen molar-refractivity contribution in [2.75, 3.05) is 13.1 Å². The summed E-state index contributed by atoms with van der Waals surface area (Å²) in [6.07, 6.45) is 4.44. The predicted octanol–water partition coefficient (Wildman–Crippen LogP) is 1.36. The van der Waals surface area contributed by atoms with Gasteiger partial charge >= 0.3 is 0 Å². The van der Waals surface area contributed by atoms with E-state index in [0.717, 1.165) is 36.1 Å². The number of Topliss-reactive ketones (excluding diaryl/α,β-unsaturated/α-hetero) is 1. The van der Waals surface area contributed by atoms with Crippen LogP contribution in [-0.2, 0) is 0 Å². The molecule has 1 saturated heterocycles. The van der Waals surface area contributed by atoms with E-state index in [1.807, 2.05) is 12.1 Å². The van der Waals surface area contributed by atoms with E-state index in [0.29, 0.717) is 0 Å². The van der Waals surface area contributed by atoms with E-state index in [2.05, 4.69) is 15.3 Å². The van der Waals surface area contributed by atoms with Gasteiger partial charge in [-0.05, 0) is 25.1 Å². The molecular weight excluding hydrogens is 202 g/mol. The molecule has 3 heterocycles. The maximum Gasteiger partial charge on any atom is 0.169 e. The molecule has 1 aliphatic heterocycles. The largest absolute Gasteiger partial charge is 0.345 e. The van der Waals surface area contributed by atoms with Crippen LogP contribution in [0.1, 0.15) is 16.8 Å². The van der Waals surface area contributed by atoms with Crippen LogP contribution >= 0.6 is 0 Å². The number of nitrogens with one attached hydrogen (secondary N) is 2. The summed E-state index contributed by atoms with van der Waals surface area (Å²) in [6, 6.07) is 3.80. The smallest absolute Gasteiger partial charge is 0.169 e. The Morgan fingerprint density at radius 3 is 3.25 bits per heavy atom. The lowest BCUT2D eigenvalue weighted by atomic mass is 9.97. The Morgan fingerprint density at radius 1 is 1.50 bits per heavy atom. The van der Waals surface area contributed by atoms with E-state index >= 15 is 0 Å². The molecule has 1 unspecified atom stereocenters. The van der Waals surface area contributed by atoms with E-state index in [9.17, 15) is 4.79 Å². The lowest BCUT2D eigenvalue weighted by Crippen LogP contribution is -2.17. The Bertz CT molecular complexity index is 526. The van der Waals surface area contributed by atoms with E-state index in [1.54, 1.807) is 12.4 Å². The molecule has 1 atom stereocenters. The number of carbonyl (C=O) groups is 1. The number of nitrogens with zero attached hydrogens (tertiary/aromatic N) is 1. The molecule has 0 aliphatic carbocycles. The van der Waals surface area contributed by atoms with Gasteiger partial charge in [-0.3, -0.25) is 4.79 Å². The minimum Gasteiger partial charge on any atom is -0.345 e. The second kappa shape index (κ2) is 3.72. The van der Waals surface area contributed by atoms with Crippen molar-refractivity contribution in [2.24, 2.45) is 5.92 Å². The third kappa shape index (κ3) is 1.42. The summed E-state index contributed by atoms with van der Waals surface area (Å²) < 4.78 is 0. The minimum atomic E-state index is 0.124. The molecule has 16 heavy (non-hydrogen) atoms. The topological polar surface area (TPSA) is 57.8 Å². The summed E-state index contributed by atoms with van der Waals surface area (Å²) >= 11 is 0. The fourth-order valence-electron chi connectivity index (χ4n) is 2.26. The molecule has 0 bridgehead atoms. The van der Waals surface area contributed by atoms with Crippen molar-refractivity contribution in [3.8, 4) is 0 Å². The van der Waals surface area contributed by atoms with Crippen LogP contribution in [0.15, 0.2) is 24.5 Å². The zero-order valence-corrected chi connectivity index (χ0v) is 8.86. The van der Waals surface area contributed by atoms with Crippen molar-refractivity contribution in [3.05, 3.63) is 30.1 Å². The Balaban J connectivity index is 2.02. The third-order valence-corrected chi connectivity index (χ3v) is 3.15. The number of hydrogen-bond acceptors (Lipinski definition) is 3. The summed E-state index contributed by atoms with van der Waals surface area (Å²) in [4.78, 5) is 19.5. The molecule has 1 aliphatic rings. The minimum absolute atomic E-state index is 0.124. The SMILES string of the molecule is O=C(c1c[nH]c2ncccc12)C1CCNC1. The number of pyridine rings is 1. The number of hydrogen-bond donors (Lipinski definition) is 2. The van der Waals surface area contributed by atoms with Crippen LogP contribution < -0.4 is 5.32 Å². The Hall–Kier alpha value is -1.68. The number of rotatable bonds is 2. The van der Waals surface area contributed by atoms with Crippen LogP contribution in [0.3, 0.4) is 0 Å². The number of H-pyrrole nitrogens is 1. The molecule has 2 N–H and O–H groups in total. The average molecular weight is 215 g/mol. The molecule has 82 valence electrons. The molecule has 0 radical (unpaired) electrons. The Kier molecular flexibility index (Phi) is 2.22. The van der Waals surface area contributed by atoms with Crippen molar-refractivity contribution in [2.45, 2.75) is 6.42 Å². The number of fused-ring (bicyclic) bond motifs is 1. The monoisotopic (exact) mass is 215 g/mol. The lowest BCUT2D eigenvalue weighted by molar-refractivity contribution is 0.0932. The molecule has 1 fully saturated rings. The molecule has 4 nitrogen and oxygen atoms in total. The Morgan fingerprint density at radius 2 is 2.44 bits per heavy atom. The maximum absolute atomic E-state index is 12.2. The molecule has 0 aromatic carbocycles. The number of aromatic nitrogens is 2. The van der Waals surface area contributed by atoms with Gasteiger partial charge in [0.1, 0.15) is 5.65 Å². The van der Waals surface area contributed by atoms with Gasteiger partial charge in [0.15, 0.2) is 5.78 Å². The number of carbonyl (C=O) groups excluding carboxylic acids is 1. The number of ketones is 1. The lowest BCUT2D eigenvalue weighted by Gasteiger charge is -2.05. The van der Waals surface area contributed by atoms with Gasteiger partial charge in [0, 0.05) is 35.8 Å². The highest BCUT2D eigenvalue weighted by Gasteiger charge is 2.25. The van der Waals surface area contributed by atoms with E-state index in [4.69, 9.17) is 0 Å². The molecule has 0 spiro atoms. The quantitative estimate of drug-likeness (QED) is 0.743. The summed E-state index contributed by atoms with van der Waals surface area (Å²) in [6.45, 7) is 1.74. The first kappa shape index (κ1) is 9.54. The normalized spacial score (nSPS) is 20.4. The van der Waals surface area contributed by atoms with Gasteiger partial charge in [-0.1, -0.05) is 0 Å². The van der Waals surface area contributed by atoms with E-state index in [-0.39, 0.29) is 11.7 Å². The first-order valence-corrected chi connectivity index (χ1v) is 5.53. The van der Waals surface area contributed by atoms with Gasteiger partial charge in [0.05, 0.1) is 0 Å². The van der Waals surface area contributed by atoms with E-state index in [1.165, 1.54) is 0 Å². The molecular formula is C12H13N3O. The summed E-state index contributed by atoms with van der Waals surface area (Å²) in [5.74, 6) is 0.350. The van der Waals surface area contributed by atoms with Crippen LogP contribution in [0.25, 0.3) is 11.0 Å². The molecule has 0 saturated carbocycles. The second-order valence-electron chi connectivity index (χ2n) is 4.16. The molecule has 2 aromatic heterocycles. The fourth-order valence-corrected chi connectivity index (χ4v) is 2.26. The van der Waals surface area contributed by atoms with E-state index < -0.39 is 0 Å². The molecule has 4 heteroatoms. The Labute approximate surface area is 93.1 Å². The second-order valence-corrected chi connectivity index (χ2v) is 4.16. The van der Waals surface area contributed by atoms with Gasteiger partial charge in [-0.2, -0.15) is 0 Å². The molecule has 3 rings (SSSR count). The highest BCUT2D eigenvalue weighted by molar-refractivity contribution is 6.08. The first-order chi connectivity index (χ1) is 7.86. The predicted molar refractivity (Wildman–Crippen MR) is 61.4 cm³/mol. The maximum atomic E-state index is 12.2. The van der Waals surface area contributed by atoms with Crippen LogP contribution in [0.2, 0.25) is 0 Å². The van der Waals surface area contributed by atoms with Gasteiger partial charge in [0.2, 0.25) is 0 Å². The summed E-state index contributed by atoms with van der Waals surface area (Å²) in [5.41, 5.74) is 1.56. The van der Waals surface area contributed by atoms with Crippen molar-refractivity contribution in [1.29, 1.82) is 0 Å². The highest BCUT2D eigenvalue weighted by Crippen LogP contribution is 2.21. The zero-order chi connectivity index (χ0) is 11.0. The van der Waals surface area contributed by atoms with Crippen LogP contribution in [0.5, 0.6) is 0 Å². The standard InChI is InChI=1S/C12H13N3O/c16-11(8-3-5-13-6-8)10-7-15-12-9(10)2-1-4-14-12/h1-2,4,7-8,13H,3,5-6H2,(H,14,15). The third-order valence-electron chi connectivity index (χ3n) is 3.15. The number of aromatic amines is 1. The van der Waals surface area contributed by atoms with Crippen LogP contribution in [0.4, 0.5) is 0 Å². The summed E-state index contributed by atoms with van der Waals surface area (Å²) in [5, 5.41) is 4.15. The van der Waals surface area contributed by atoms with Crippen LogP contribution in [0, 0.1) is 5.92 Å². The van der Waals surface area contributed by atoms with Crippen molar-refractivity contribution >= 4 is 16.8 Å². The van der Waals surface area contributed by atoms with Gasteiger partial charge in [-0.25, -0.2) is 4.98 Å². The van der Waals surface area contributed by atoms with Crippen molar-refractivity contribution < 1.29 is 4.79 Å². The van der Waals surface area contributed by atoms with Crippen molar-refractivity contribution in [3.63, 3.8) is 0 Å². The van der Waals surface area contributed by atoms with Crippen LogP contribution in [-0.4, -0.2) is 28.8 Å². The van der Waals surface area contributed by atoms with Crippen molar-refractivity contribution in [1.82, 2.24) is 15.3 Å².